The van der Waals surface area contributed by atoms with E-state index in [-0.39, 0.29) is 5.82 Å². The Morgan fingerprint density at radius 2 is 2.28 bits per heavy atom. The van der Waals surface area contributed by atoms with Crippen molar-refractivity contribution in [2.24, 2.45) is 5.41 Å². The summed E-state index contributed by atoms with van der Waals surface area (Å²) in [7, 11) is 1.99. The topological polar surface area (TPSA) is 15.3 Å². The van der Waals surface area contributed by atoms with E-state index in [0.29, 0.717) is 12.0 Å². The molecule has 0 aromatic heterocycles. The molecule has 0 bridgehead atoms. The number of hydrogen-bond donors (Lipinski definition) is 1. The first-order valence-corrected chi connectivity index (χ1v) is 7.13. The summed E-state index contributed by atoms with van der Waals surface area (Å²) in [5.74, 6) is -0.119. The lowest BCUT2D eigenvalue weighted by Crippen LogP contribution is -2.33. The normalized spacial score (nSPS) is 24.7. The minimum absolute atomic E-state index is 0.119. The first-order chi connectivity index (χ1) is 8.52. The van der Waals surface area contributed by atoms with E-state index in [0.717, 1.165) is 29.7 Å². The molecule has 0 amide bonds. The molecule has 1 aliphatic rings. The largest absolute Gasteiger partial charge is 0.319 e. The van der Waals surface area contributed by atoms with Gasteiger partial charge in [-0.25, -0.2) is 4.39 Å². The van der Waals surface area contributed by atoms with Crippen LogP contribution in [0.4, 0.5) is 4.39 Å². The minimum atomic E-state index is -0.119. The van der Waals surface area contributed by atoms with Gasteiger partial charge in [-0.2, -0.15) is 0 Å². The Hall–Kier alpha value is -0.450. The van der Waals surface area contributed by atoms with Crippen LogP contribution in [0.25, 0.3) is 0 Å². The van der Waals surface area contributed by atoms with Crippen LogP contribution in [0.15, 0.2) is 22.7 Å². The van der Waals surface area contributed by atoms with Crippen molar-refractivity contribution in [2.75, 3.05) is 26.7 Å². The van der Waals surface area contributed by atoms with Crippen molar-refractivity contribution in [1.29, 1.82) is 0 Å². The van der Waals surface area contributed by atoms with Gasteiger partial charge >= 0.3 is 0 Å². The summed E-state index contributed by atoms with van der Waals surface area (Å²) in [5, 5.41) is 3.25. The van der Waals surface area contributed by atoms with E-state index in [4.69, 9.17) is 0 Å². The Labute approximate surface area is 117 Å². The summed E-state index contributed by atoms with van der Waals surface area (Å²) in [6, 6.07) is 5.31. The first-order valence-electron chi connectivity index (χ1n) is 6.33. The monoisotopic (exact) mass is 314 g/mol. The second kappa shape index (κ2) is 5.68. The van der Waals surface area contributed by atoms with Gasteiger partial charge in [0.1, 0.15) is 5.82 Å². The number of nitrogens with zero attached hydrogens (tertiary/aromatic N) is 1. The Balaban J connectivity index is 1.99. The van der Waals surface area contributed by atoms with Gasteiger partial charge in [0.25, 0.3) is 0 Å². The van der Waals surface area contributed by atoms with Crippen LogP contribution in [0.3, 0.4) is 0 Å². The van der Waals surface area contributed by atoms with Gasteiger partial charge < -0.3 is 5.32 Å². The molecule has 1 saturated heterocycles. The molecule has 1 heterocycles. The molecule has 1 N–H and O–H groups in total. The van der Waals surface area contributed by atoms with E-state index >= 15 is 0 Å². The molecular weight excluding hydrogens is 295 g/mol. The molecule has 0 saturated carbocycles. The summed E-state index contributed by atoms with van der Waals surface area (Å²) in [5.41, 5.74) is 1.10. The zero-order valence-corrected chi connectivity index (χ0v) is 12.6. The first kappa shape index (κ1) is 14.0. The molecule has 1 aromatic rings. The summed E-state index contributed by atoms with van der Waals surface area (Å²) in [6.07, 6.45) is 1.17. The molecule has 4 heteroatoms. The van der Waals surface area contributed by atoms with Gasteiger partial charge in [-0.3, -0.25) is 4.90 Å². The van der Waals surface area contributed by atoms with Gasteiger partial charge in [0.05, 0.1) is 0 Å². The van der Waals surface area contributed by atoms with Crippen molar-refractivity contribution in [1.82, 2.24) is 10.2 Å². The van der Waals surface area contributed by atoms with Gasteiger partial charge in [-0.1, -0.05) is 28.9 Å². The standard InChI is InChI=1S/C14H20BrFN2/c1-14(9-17-2)5-6-18(10-14)8-11-3-4-12(15)7-13(11)16/h3-4,7,17H,5-6,8-10H2,1-2H3. The van der Waals surface area contributed by atoms with Crippen LogP contribution in [-0.4, -0.2) is 31.6 Å². The van der Waals surface area contributed by atoms with E-state index in [1.54, 1.807) is 0 Å². The summed E-state index contributed by atoms with van der Waals surface area (Å²) in [4.78, 5) is 2.34. The molecule has 0 aliphatic carbocycles. The average Bonchev–Trinajstić information content (AvgIpc) is 2.65. The molecule has 2 nitrogen and oxygen atoms in total. The van der Waals surface area contributed by atoms with Gasteiger partial charge in [0.2, 0.25) is 0 Å². The summed E-state index contributed by atoms with van der Waals surface area (Å²) < 4.78 is 14.6. The Morgan fingerprint density at radius 1 is 1.50 bits per heavy atom. The number of likely N-dealkylation sites (tertiary alicyclic amines) is 1. The Bertz CT molecular complexity index is 424. The lowest BCUT2D eigenvalue weighted by molar-refractivity contribution is 0.263. The molecule has 1 aromatic carbocycles. The van der Waals surface area contributed by atoms with Crippen molar-refractivity contribution >= 4 is 15.9 Å². The van der Waals surface area contributed by atoms with Crippen LogP contribution in [-0.2, 0) is 6.54 Å². The highest BCUT2D eigenvalue weighted by atomic mass is 79.9. The smallest absolute Gasteiger partial charge is 0.128 e. The van der Waals surface area contributed by atoms with E-state index in [2.05, 4.69) is 33.1 Å². The fraction of sp³-hybridized carbons (Fsp3) is 0.571. The molecule has 1 atom stereocenters. The highest BCUT2D eigenvalue weighted by molar-refractivity contribution is 9.10. The number of hydrogen-bond acceptors (Lipinski definition) is 2. The van der Waals surface area contributed by atoms with Crippen LogP contribution in [0.2, 0.25) is 0 Å². The van der Waals surface area contributed by atoms with E-state index < -0.39 is 0 Å². The van der Waals surface area contributed by atoms with Crippen molar-refractivity contribution in [2.45, 2.75) is 19.9 Å². The lowest BCUT2D eigenvalue weighted by Gasteiger charge is -2.24. The molecule has 1 fully saturated rings. The molecule has 2 rings (SSSR count). The van der Waals surface area contributed by atoms with E-state index in [9.17, 15) is 4.39 Å². The molecular formula is C14H20BrFN2. The molecule has 0 radical (unpaired) electrons. The third-order valence-corrected chi connectivity index (χ3v) is 4.14. The van der Waals surface area contributed by atoms with Gasteiger partial charge in [-0.05, 0) is 37.6 Å². The van der Waals surface area contributed by atoms with Crippen molar-refractivity contribution in [3.63, 3.8) is 0 Å². The highest BCUT2D eigenvalue weighted by Gasteiger charge is 2.33. The van der Waals surface area contributed by atoms with Crippen LogP contribution < -0.4 is 5.32 Å². The molecule has 1 aliphatic heterocycles. The van der Waals surface area contributed by atoms with Crippen LogP contribution >= 0.6 is 15.9 Å². The SMILES string of the molecule is CNCC1(C)CCN(Cc2ccc(Br)cc2F)C1. The Morgan fingerprint density at radius 3 is 2.94 bits per heavy atom. The highest BCUT2D eigenvalue weighted by Crippen LogP contribution is 2.30. The van der Waals surface area contributed by atoms with Gasteiger partial charge in [0, 0.05) is 29.7 Å². The van der Waals surface area contributed by atoms with Crippen molar-refractivity contribution in [3.8, 4) is 0 Å². The molecule has 0 spiro atoms. The fourth-order valence-corrected chi connectivity index (χ4v) is 3.06. The maximum Gasteiger partial charge on any atom is 0.128 e. The zero-order valence-electron chi connectivity index (χ0n) is 11.0. The average molecular weight is 315 g/mol. The van der Waals surface area contributed by atoms with Crippen LogP contribution in [0.1, 0.15) is 18.9 Å². The fourth-order valence-electron chi connectivity index (χ4n) is 2.72. The zero-order chi connectivity index (χ0) is 13.2. The lowest BCUT2D eigenvalue weighted by atomic mass is 9.90. The van der Waals surface area contributed by atoms with Gasteiger partial charge in [0.15, 0.2) is 0 Å². The third-order valence-electron chi connectivity index (χ3n) is 3.65. The number of rotatable bonds is 4. The van der Waals surface area contributed by atoms with E-state index in [1.807, 2.05) is 19.2 Å². The number of nitrogens with one attached hydrogen (secondary N) is 1. The van der Waals surface area contributed by atoms with Crippen molar-refractivity contribution in [3.05, 3.63) is 34.1 Å². The maximum atomic E-state index is 13.8. The number of benzene rings is 1. The predicted octanol–water partition coefficient (Wildman–Crippen LogP) is 3.02. The maximum absolute atomic E-state index is 13.8. The predicted molar refractivity (Wildman–Crippen MR) is 76.0 cm³/mol. The summed E-state index contributed by atoms with van der Waals surface area (Å²) >= 11 is 3.29. The van der Waals surface area contributed by atoms with Crippen LogP contribution in [0.5, 0.6) is 0 Å². The third kappa shape index (κ3) is 3.31. The van der Waals surface area contributed by atoms with Crippen molar-refractivity contribution < 1.29 is 4.39 Å². The second-order valence-electron chi connectivity index (χ2n) is 5.54. The molecule has 100 valence electrons. The quantitative estimate of drug-likeness (QED) is 0.919. The van der Waals surface area contributed by atoms with Crippen LogP contribution in [0, 0.1) is 11.2 Å². The second-order valence-corrected chi connectivity index (χ2v) is 6.45. The molecule has 18 heavy (non-hydrogen) atoms. The van der Waals surface area contributed by atoms with E-state index in [1.165, 1.54) is 12.5 Å². The summed E-state index contributed by atoms with van der Waals surface area (Å²) in [6.45, 7) is 6.10. The van der Waals surface area contributed by atoms with Gasteiger partial charge in [-0.15, -0.1) is 0 Å². The molecule has 1 unspecified atom stereocenters. The number of halogens is 2. The minimum Gasteiger partial charge on any atom is -0.319 e. The Kier molecular flexibility index (Phi) is 4.41.